The molecular formula is C20H29BrN2O4. The summed E-state index contributed by atoms with van der Waals surface area (Å²) in [6.07, 6.45) is 2.78. The van der Waals surface area contributed by atoms with Crippen molar-refractivity contribution < 1.29 is 19.1 Å². The summed E-state index contributed by atoms with van der Waals surface area (Å²) in [5.74, 6) is 0.614. The largest absolute Gasteiger partial charge is 0.492 e. The molecule has 1 unspecified atom stereocenters. The summed E-state index contributed by atoms with van der Waals surface area (Å²) in [4.78, 5) is 26.4. The van der Waals surface area contributed by atoms with E-state index in [-0.39, 0.29) is 18.6 Å². The molecule has 6 nitrogen and oxygen atoms in total. The lowest BCUT2D eigenvalue weighted by Crippen LogP contribution is -2.42. The highest BCUT2D eigenvalue weighted by Crippen LogP contribution is 2.25. The summed E-state index contributed by atoms with van der Waals surface area (Å²) in [5, 5.41) is 2.65. The molecule has 150 valence electrons. The van der Waals surface area contributed by atoms with Gasteiger partial charge in [-0.05, 0) is 65.2 Å². The van der Waals surface area contributed by atoms with Crippen molar-refractivity contribution in [3.05, 3.63) is 28.2 Å². The van der Waals surface area contributed by atoms with Crippen molar-refractivity contribution in [2.24, 2.45) is 0 Å². The zero-order valence-electron chi connectivity index (χ0n) is 16.5. The summed E-state index contributed by atoms with van der Waals surface area (Å²) in [6.45, 7) is 8.92. The Kier molecular flexibility index (Phi) is 7.53. The number of benzene rings is 1. The Morgan fingerprint density at radius 1 is 1.26 bits per heavy atom. The Bertz CT molecular complexity index is 672. The van der Waals surface area contributed by atoms with Crippen LogP contribution in [0.1, 0.15) is 57.3 Å². The van der Waals surface area contributed by atoms with E-state index in [1.165, 1.54) is 6.42 Å². The first-order chi connectivity index (χ1) is 12.7. The van der Waals surface area contributed by atoms with E-state index < -0.39 is 11.7 Å². The quantitative estimate of drug-likeness (QED) is 0.690. The van der Waals surface area contributed by atoms with Gasteiger partial charge >= 0.3 is 6.09 Å². The van der Waals surface area contributed by atoms with Crippen LogP contribution in [0.3, 0.4) is 0 Å². The highest BCUT2D eigenvalue weighted by molar-refractivity contribution is 9.10. The summed E-state index contributed by atoms with van der Waals surface area (Å²) in [6, 6.07) is 5.63. The van der Waals surface area contributed by atoms with Gasteiger partial charge in [0.05, 0.1) is 6.54 Å². The molecule has 0 bridgehead atoms. The Hall–Kier alpha value is -1.76. The average molecular weight is 441 g/mol. The molecule has 7 heteroatoms. The molecule has 1 N–H and O–H groups in total. The smallest absolute Gasteiger partial charge is 0.407 e. The number of rotatable bonds is 5. The molecule has 1 fully saturated rings. The molecule has 0 aromatic heterocycles. The molecule has 1 aromatic carbocycles. The first-order valence-corrected chi connectivity index (χ1v) is 10.2. The summed E-state index contributed by atoms with van der Waals surface area (Å²) in [7, 11) is 0. The van der Waals surface area contributed by atoms with Crippen LogP contribution in [0, 0.1) is 0 Å². The normalized spacial score (nSPS) is 17.4. The molecule has 0 saturated carbocycles. The lowest BCUT2D eigenvalue weighted by Gasteiger charge is -2.33. The first-order valence-electron chi connectivity index (χ1n) is 9.37. The van der Waals surface area contributed by atoms with Crippen molar-refractivity contribution in [2.45, 2.75) is 58.6 Å². The fourth-order valence-electron chi connectivity index (χ4n) is 2.97. The van der Waals surface area contributed by atoms with Gasteiger partial charge in [0, 0.05) is 22.6 Å². The molecule has 1 saturated heterocycles. The van der Waals surface area contributed by atoms with Crippen LogP contribution >= 0.6 is 15.9 Å². The minimum absolute atomic E-state index is 0.0280. The summed E-state index contributed by atoms with van der Waals surface area (Å²) >= 11 is 3.45. The molecule has 2 amide bonds. The van der Waals surface area contributed by atoms with Gasteiger partial charge < -0.3 is 19.7 Å². The molecule has 0 spiro atoms. The second kappa shape index (κ2) is 9.44. The van der Waals surface area contributed by atoms with E-state index in [0.717, 1.165) is 23.9 Å². The highest BCUT2D eigenvalue weighted by Gasteiger charge is 2.24. The Morgan fingerprint density at radius 3 is 2.67 bits per heavy atom. The van der Waals surface area contributed by atoms with Gasteiger partial charge in [-0.15, -0.1) is 0 Å². The fraction of sp³-hybridized carbons (Fsp3) is 0.600. The predicted octanol–water partition coefficient (Wildman–Crippen LogP) is 4.37. The highest BCUT2D eigenvalue weighted by atomic mass is 79.9. The van der Waals surface area contributed by atoms with Crippen LogP contribution < -0.4 is 10.1 Å². The number of hydrogen-bond donors (Lipinski definition) is 1. The summed E-state index contributed by atoms with van der Waals surface area (Å²) < 4.78 is 11.7. The van der Waals surface area contributed by atoms with Crippen LogP contribution in [0.4, 0.5) is 4.79 Å². The number of likely N-dealkylation sites (tertiary alicyclic amines) is 1. The van der Waals surface area contributed by atoms with Crippen LogP contribution in [0.5, 0.6) is 5.75 Å². The molecule has 27 heavy (non-hydrogen) atoms. The van der Waals surface area contributed by atoms with E-state index in [1.54, 1.807) is 6.07 Å². The zero-order valence-corrected chi connectivity index (χ0v) is 18.1. The maximum Gasteiger partial charge on any atom is 0.407 e. The number of amides is 2. The molecular weight excluding hydrogens is 412 g/mol. The number of nitrogens with zero attached hydrogens (tertiary/aromatic N) is 1. The summed E-state index contributed by atoms with van der Waals surface area (Å²) in [5.41, 5.74) is 0.0732. The first kappa shape index (κ1) is 21.5. The van der Waals surface area contributed by atoms with Gasteiger partial charge in [-0.2, -0.15) is 0 Å². The number of ether oxygens (including phenoxy) is 2. The third-order valence-electron chi connectivity index (χ3n) is 4.22. The molecule has 1 aliphatic rings. The van der Waals surface area contributed by atoms with Crippen molar-refractivity contribution in [1.82, 2.24) is 10.2 Å². The Morgan fingerprint density at radius 2 is 2.00 bits per heavy atom. The fourth-order valence-corrected chi connectivity index (χ4v) is 3.44. The molecule has 0 radical (unpaired) electrons. The van der Waals surface area contributed by atoms with Crippen molar-refractivity contribution in [3.63, 3.8) is 0 Å². The number of halogens is 1. The second-order valence-corrected chi connectivity index (χ2v) is 8.71. The monoisotopic (exact) mass is 440 g/mol. The van der Waals surface area contributed by atoms with Crippen molar-refractivity contribution in [3.8, 4) is 5.75 Å². The number of hydrogen-bond acceptors (Lipinski definition) is 4. The number of nitrogens with one attached hydrogen (secondary N) is 1. The van der Waals surface area contributed by atoms with Gasteiger partial charge in [0.25, 0.3) is 5.91 Å². The number of carbonyl (C=O) groups is 2. The van der Waals surface area contributed by atoms with E-state index in [9.17, 15) is 9.59 Å². The number of alkyl carbamates (subject to hydrolysis) is 1. The molecule has 2 rings (SSSR count). The molecule has 1 aromatic rings. The molecule has 1 atom stereocenters. The van der Waals surface area contributed by atoms with Gasteiger partial charge in [0.15, 0.2) is 0 Å². The van der Waals surface area contributed by atoms with Crippen LogP contribution in [0.25, 0.3) is 0 Å². The van der Waals surface area contributed by atoms with Gasteiger partial charge in [-0.1, -0.05) is 15.9 Å². The second-order valence-electron chi connectivity index (χ2n) is 7.80. The van der Waals surface area contributed by atoms with Gasteiger partial charge in [0.2, 0.25) is 0 Å². The topological polar surface area (TPSA) is 67.9 Å². The maximum absolute atomic E-state index is 12.8. The van der Waals surface area contributed by atoms with Crippen molar-refractivity contribution in [2.75, 3.05) is 19.7 Å². The lowest BCUT2D eigenvalue weighted by atomic mass is 10.0. The van der Waals surface area contributed by atoms with Crippen LogP contribution in [-0.4, -0.2) is 48.2 Å². The van der Waals surface area contributed by atoms with Gasteiger partial charge in [-0.3, -0.25) is 4.79 Å². The SMILES string of the molecule is CC1CCCCN1C(=O)c1cc(Br)cc(OCCNC(=O)OC(C)(C)C)c1. The minimum Gasteiger partial charge on any atom is -0.492 e. The van der Waals surface area contributed by atoms with Crippen LogP contribution in [0.2, 0.25) is 0 Å². The predicted molar refractivity (Wildman–Crippen MR) is 108 cm³/mol. The van der Waals surface area contributed by atoms with E-state index in [4.69, 9.17) is 9.47 Å². The maximum atomic E-state index is 12.8. The van der Waals surface area contributed by atoms with Crippen LogP contribution in [-0.2, 0) is 4.74 Å². The Balaban J connectivity index is 1.91. The van der Waals surface area contributed by atoms with Crippen molar-refractivity contribution in [1.29, 1.82) is 0 Å². The standard InChI is InChI=1S/C20H29BrN2O4/c1-14-7-5-6-9-23(14)18(24)15-11-16(21)13-17(12-15)26-10-8-22-19(25)27-20(2,3)4/h11-14H,5-10H2,1-4H3,(H,22,25). The zero-order chi connectivity index (χ0) is 20.0. The molecule has 0 aliphatic carbocycles. The van der Waals surface area contributed by atoms with E-state index in [1.807, 2.05) is 37.8 Å². The number of carbonyl (C=O) groups excluding carboxylic acids is 2. The number of piperidine rings is 1. The Labute approximate surface area is 169 Å². The minimum atomic E-state index is -0.532. The van der Waals surface area contributed by atoms with Gasteiger partial charge in [-0.25, -0.2) is 4.79 Å². The van der Waals surface area contributed by atoms with Crippen molar-refractivity contribution >= 4 is 27.9 Å². The van der Waals surface area contributed by atoms with E-state index >= 15 is 0 Å². The third kappa shape index (κ3) is 7.05. The van der Waals surface area contributed by atoms with E-state index in [0.29, 0.717) is 17.9 Å². The molecule has 1 heterocycles. The average Bonchev–Trinajstić information content (AvgIpc) is 2.56. The lowest BCUT2D eigenvalue weighted by molar-refractivity contribution is 0.0520. The third-order valence-corrected chi connectivity index (χ3v) is 4.68. The van der Waals surface area contributed by atoms with Crippen LogP contribution in [0.15, 0.2) is 22.7 Å². The van der Waals surface area contributed by atoms with Gasteiger partial charge in [0.1, 0.15) is 18.0 Å². The van der Waals surface area contributed by atoms with E-state index in [2.05, 4.69) is 28.2 Å². The molecule has 1 aliphatic heterocycles.